The van der Waals surface area contributed by atoms with Gasteiger partial charge in [0.2, 0.25) is 15.9 Å². The van der Waals surface area contributed by atoms with E-state index in [0.717, 1.165) is 21.2 Å². The smallest absolute Gasteiger partial charge is 0.243 e. The van der Waals surface area contributed by atoms with Crippen molar-refractivity contribution in [2.24, 2.45) is 0 Å². The molecule has 7 nitrogen and oxygen atoms in total. The summed E-state index contributed by atoms with van der Waals surface area (Å²) in [5, 5.41) is 2.44. The van der Waals surface area contributed by atoms with Crippen LogP contribution in [0.1, 0.15) is 27.8 Å². The first kappa shape index (κ1) is 26.5. The van der Waals surface area contributed by atoms with Crippen LogP contribution in [-0.4, -0.2) is 43.2 Å². The van der Waals surface area contributed by atoms with E-state index >= 15 is 0 Å². The Morgan fingerprint density at radius 3 is 2.61 bits per heavy atom. The van der Waals surface area contributed by atoms with Gasteiger partial charge in [0, 0.05) is 16.4 Å². The zero-order valence-corrected chi connectivity index (χ0v) is 23.1. The van der Waals surface area contributed by atoms with E-state index in [1.54, 1.807) is 28.4 Å². The van der Waals surface area contributed by atoms with Gasteiger partial charge in [0.1, 0.15) is 18.1 Å². The summed E-state index contributed by atoms with van der Waals surface area (Å²) in [7, 11) is -4.02. The lowest BCUT2D eigenvalue weighted by Crippen LogP contribution is -2.47. The maximum atomic E-state index is 13.8. The fraction of sp³-hybridized carbons (Fsp3) is 0.250. The molecule has 0 radical (unpaired) electrons. The number of furan rings is 1. The molecule has 38 heavy (non-hydrogen) atoms. The van der Waals surface area contributed by atoms with Gasteiger partial charge < -0.3 is 14.1 Å². The number of hydrogen-bond acceptors (Lipinski definition) is 6. The van der Waals surface area contributed by atoms with Gasteiger partial charge in [-0.3, -0.25) is 4.79 Å². The van der Waals surface area contributed by atoms with E-state index in [1.165, 1.54) is 35.4 Å². The van der Waals surface area contributed by atoms with Gasteiger partial charge in [-0.1, -0.05) is 29.3 Å². The SMILES string of the molecule is Cc1ccc(OC[C@H]2c3ccsc3CCN2C(=O)CN(Cc2ccco2)S(=O)(=O)c2ccc(Cl)cc2)cc1. The van der Waals surface area contributed by atoms with Crippen LogP contribution in [0.3, 0.4) is 0 Å². The van der Waals surface area contributed by atoms with Crippen LogP contribution in [0.25, 0.3) is 0 Å². The van der Waals surface area contributed by atoms with E-state index in [0.29, 0.717) is 23.7 Å². The van der Waals surface area contributed by atoms with Crippen LogP contribution in [0.15, 0.2) is 87.7 Å². The standard InChI is InChI=1S/C28H27ClN2O5S2/c1-20-4-8-22(9-5-20)36-19-26-25-13-16-37-27(25)12-14-31(26)28(32)18-30(17-23-3-2-15-35-23)38(33,34)24-10-6-21(29)7-11-24/h2-11,13,15-16,26H,12,14,17-19H2,1H3/t26-/m0/s1. The number of amides is 1. The Bertz CT molecular complexity index is 1480. The molecule has 0 saturated heterocycles. The lowest BCUT2D eigenvalue weighted by molar-refractivity contribution is -0.135. The summed E-state index contributed by atoms with van der Waals surface area (Å²) in [6.07, 6.45) is 2.19. The number of aryl methyl sites for hydroxylation is 1. The van der Waals surface area contributed by atoms with E-state index in [9.17, 15) is 13.2 Å². The number of rotatable bonds is 9. The van der Waals surface area contributed by atoms with Gasteiger partial charge in [0.05, 0.1) is 30.3 Å². The molecular weight excluding hydrogens is 544 g/mol. The van der Waals surface area contributed by atoms with Crippen LogP contribution in [0.4, 0.5) is 0 Å². The molecular formula is C28H27ClN2O5S2. The molecule has 4 aromatic rings. The van der Waals surface area contributed by atoms with E-state index in [2.05, 4.69) is 0 Å². The third kappa shape index (κ3) is 5.81. The van der Waals surface area contributed by atoms with Gasteiger partial charge in [-0.15, -0.1) is 11.3 Å². The summed E-state index contributed by atoms with van der Waals surface area (Å²) in [6, 6.07) is 18.7. The van der Waals surface area contributed by atoms with Crippen LogP contribution in [0, 0.1) is 6.92 Å². The van der Waals surface area contributed by atoms with Crippen molar-refractivity contribution in [3.8, 4) is 5.75 Å². The number of sulfonamides is 1. The maximum absolute atomic E-state index is 13.8. The van der Waals surface area contributed by atoms with Gasteiger partial charge in [-0.25, -0.2) is 8.42 Å². The minimum absolute atomic E-state index is 0.0549. The van der Waals surface area contributed by atoms with Gasteiger partial charge >= 0.3 is 0 Å². The van der Waals surface area contributed by atoms with E-state index in [1.807, 2.05) is 42.6 Å². The first-order valence-electron chi connectivity index (χ1n) is 12.1. The summed E-state index contributed by atoms with van der Waals surface area (Å²) in [5.41, 5.74) is 2.17. The van der Waals surface area contributed by atoms with Crippen molar-refractivity contribution in [1.82, 2.24) is 9.21 Å². The molecule has 2 aromatic carbocycles. The molecule has 0 N–H and O–H groups in total. The first-order valence-corrected chi connectivity index (χ1v) is 14.8. The Morgan fingerprint density at radius 2 is 1.89 bits per heavy atom. The number of nitrogens with zero attached hydrogens (tertiary/aromatic N) is 2. The monoisotopic (exact) mass is 570 g/mol. The molecule has 0 fully saturated rings. The number of ether oxygens (including phenoxy) is 1. The van der Waals surface area contributed by atoms with Crippen molar-refractivity contribution in [3.63, 3.8) is 0 Å². The highest BCUT2D eigenvalue weighted by Gasteiger charge is 2.35. The van der Waals surface area contributed by atoms with Gasteiger partial charge in [-0.2, -0.15) is 4.31 Å². The van der Waals surface area contributed by atoms with Crippen LogP contribution in [0.5, 0.6) is 5.75 Å². The molecule has 0 unspecified atom stereocenters. The minimum atomic E-state index is -4.02. The number of benzene rings is 2. The molecule has 198 valence electrons. The van der Waals surface area contributed by atoms with Crippen molar-refractivity contribution in [2.75, 3.05) is 19.7 Å². The predicted octanol–water partition coefficient (Wildman–Crippen LogP) is 5.70. The van der Waals surface area contributed by atoms with Crippen molar-refractivity contribution >= 4 is 38.9 Å². The highest BCUT2D eigenvalue weighted by atomic mass is 35.5. The Labute approximate surface area is 231 Å². The fourth-order valence-electron chi connectivity index (χ4n) is 4.48. The third-order valence-corrected chi connectivity index (χ3v) is 9.57. The second-order valence-electron chi connectivity index (χ2n) is 9.08. The summed E-state index contributed by atoms with van der Waals surface area (Å²) in [4.78, 5) is 16.8. The second-order valence-corrected chi connectivity index (χ2v) is 12.5. The molecule has 0 saturated carbocycles. The second kappa shape index (κ2) is 11.3. The van der Waals surface area contributed by atoms with Crippen LogP contribution >= 0.6 is 22.9 Å². The third-order valence-electron chi connectivity index (χ3n) is 6.52. The number of halogens is 1. The van der Waals surface area contributed by atoms with Crippen molar-refractivity contribution < 1.29 is 22.4 Å². The number of hydrogen-bond donors (Lipinski definition) is 0. The number of fused-ring (bicyclic) bond motifs is 1. The molecule has 3 heterocycles. The summed E-state index contributed by atoms with van der Waals surface area (Å²) in [6.45, 7) is 2.33. The topological polar surface area (TPSA) is 80.1 Å². The predicted molar refractivity (Wildman–Crippen MR) is 147 cm³/mol. The molecule has 1 amide bonds. The molecule has 10 heteroatoms. The molecule has 0 aliphatic carbocycles. The maximum Gasteiger partial charge on any atom is 0.243 e. The first-order chi connectivity index (χ1) is 18.3. The van der Waals surface area contributed by atoms with E-state index in [4.69, 9.17) is 20.8 Å². The van der Waals surface area contributed by atoms with Crippen LogP contribution in [-0.2, 0) is 27.8 Å². The Balaban J connectivity index is 1.40. The summed E-state index contributed by atoms with van der Waals surface area (Å²) in [5.74, 6) is 0.854. The normalized spacial score (nSPS) is 15.4. The van der Waals surface area contributed by atoms with Crippen LogP contribution in [0.2, 0.25) is 5.02 Å². The number of carbonyl (C=O) groups excluding carboxylic acids is 1. The average Bonchev–Trinajstić information content (AvgIpc) is 3.60. The largest absolute Gasteiger partial charge is 0.491 e. The molecule has 1 atom stereocenters. The molecule has 0 bridgehead atoms. The average molecular weight is 571 g/mol. The summed E-state index contributed by atoms with van der Waals surface area (Å²) < 4.78 is 39.9. The lowest BCUT2D eigenvalue weighted by Gasteiger charge is -2.37. The van der Waals surface area contributed by atoms with Crippen molar-refractivity contribution in [2.45, 2.75) is 30.8 Å². The molecule has 5 rings (SSSR count). The highest BCUT2D eigenvalue weighted by Crippen LogP contribution is 2.34. The van der Waals surface area contributed by atoms with Gasteiger partial charge in [-0.05, 0) is 78.9 Å². The zero-order valence-electron chi connectivity index (χ0n) is 20.7. The fourth-order valence-corrected chi connectivity index (χ4v) is 6.89. The highest BCUT2D eigenvalue weighted by molar-refractivity contribution is 7.89. The van der Waals surface area contributed by atoms with E-state index in [-0.39, 0.29) is 36.5 Å². The molecule has 1 aliphatic heterocycles. The molecule has 2 aromatic heterocycles. The quantitative estimate of drug-likeness (QED) is 0.258. The molecule has 1 aliphatic rings. The van der Waals surface area contributed by atoms with Crippen LogP contribution < -0.4 is 4.74 Å². The lowest BCUT2D eigenvalue weighted by atomic mass is 10.0. The summed E-state index contributed by atoms with van der Waals surface area (Å²) >= 11 is 7.64. The molecule has 0 spiro atoms. The number of thiophene rings is 1. The van der Waals surface area contributed by atoms with Gasteiger partial charge in [0.15, 0.2) is 0 Å². The van der Waals surface area contributed by atoms with Crippen molar-refractivity contribution in [3.05, 3.63) is 105 Å². The Hall–Kier alpha value is -3.11. The van der Waals surface area contributed by atoms with Gasteiger partial charge in [0.25, 0.3) is 0 Å². The Morgan fingerprint density at radius 1 is 1.13 bits per heavy atom. The zero-order chi connectivity index (χ0) is 26.7. The van der Waals surface area contributed by atoms with Crippen molar-refractivity contribution in [1.29, 1.82) is 0 Å². The minimum Gasteiger partial charge on any atom is -0.491 e. The van der Waals surface area contributed by atoms with E-state index < -0.39 is 10.0 Å². The Kier molecular flexibility index (Phi) is 7.90. The number of carbonyl (C=O) groups is 1.